The molecule has 0 N–H and O–H groups in total. The fourth-order valence-electron chi connectivity index (χ4n) is 3.26. The second kappa shape index (κ2) is 9.24. The molecule has 4 aromatic rings. The molecule has 0 atom stereocenters. The van der Waals surface area contributed by atoms with Crippen molar-refractivity contribution in [2.75, 3.05) is 6.61 Å². The molecular formula is C24H23N3O3S. The third-order valence-corrected chi connectivity index (χ3v) is 6.23. The lowest BCUT2D eigenvalue weighted by Gasteiger charge is -2.08. The summed E-state index contributed by atoms with van der Waals surface area (Å²) < 4.78 is 31.4. The van der Waals surface area contributed by atoms with E-state index in [4.69, 9.17) is 4.18 Å². The van der Waals surface area contributed by atoms with Crippen LogP contribution in [0.1, 0.15) is 17.7 Å². The van der Waals surface area contributed by atoms with Gasteiger partial charge in [-0.15, -0.1) is 5.10 Å². The monoisotopic (exact) mass is 433 g/mol. The van der Waals surface area contributed by atoms with Crippen molar-refractivity contribution in [3.63, 3.8) is 0 Å². The maximum atomic E-state index is 12.3. The Morgan fingerprint density at radius 1 is 0.903 bits per heavy atom. The summed E-state index contributed by atoms with van der Waals surface area (Å²) in [6.07, 6.45) is 2.96. The summed E-state index contributed by atoms with van der Waals surface area (Å²) in [5.74, 6) is 0. The predicted molar refractivity (Wildman–Crippen MR) is 119 cm³/mol. The second-order valence-electron chi connectivity index (χ2n) is 7.23. The lowest BCUT2D eigenvalue weighted by molar-refractivity contribution is 0.312. The average Bonchev–Trinajstić information content (AvgIpc) is 3.26. The van der Waals surface area contributed by atoms with E-state index in [9.17, 15) is 8.42 Å². The number of nitrogens with zero attached hydrogens (tertiary/aromatic N) is 3. The van der Waals surface area contributed by atoms with Gasteiger partial charge in [-0.1, -0.05) is 71.4 Å². The summed E-state index contributed by atoms with van der Waals surface area (Å²) in [6, 6.07) is 24.7. The van der Waals surface area contributed by atoms with Crippen molar-refractivity contribution in [2.24, 2.45) is 0 Å². The lowest BCUT2D eigenvalue weighted by atomic mass is 10.0. The highest BCUT2D eigenvalue weighted by Gasteiger charge is 2.15. The molecule has 4 rings (SSSR count). The van der Waals surface area contributed by atoms with Crippen LogP contribution in [0.25, 0.3) is 16.8 Å². The molecule has 158 valence electrons. The third kappa shape index (κ3) is 5.07. The standard InChI is InChI=1S/C24H23N3O3S/c1-19-13-15-22(16-14-19)31(28,29)30-17-7-10-21-18-27(26-25-21)24-12-6-5-11-23(24)20-8-3-2-4-9-20/h2-6,8-9,11-16,18H,7,10,17H2,1H3. The molecular weight excluding hydrogens is 410 g/mol. The molecule has 0 unspecified atom stereocenters. The Balaban J connectivity index is 1.39. The minimum Gasteiger partial charge on any atom is -0.266 e. The Kier molecular flexibility index (Phi) is 6.25. The van der Waals surface area contributed by atoms with Crippen molar-refractivity contribution in [3.05, 3.63) is 96.3 Å². The summed E-state index contributed by atoms with van der Waals surface area (Å²) in [5.41, 5.74) is 4.87. The van der Waals surface area contributed by atoms with Crippen LogP contribution in [0.2, 0.25) is 0 Å². The van der Waals surface area contributed by atoms with Crippen molar-refractivity contribution >= 4 is 10.1 Å². The van der Waals surface area contributed by atoms with Gasteiger partial charge in [0.1, 0.15) is 0 Å². The van der Waals surface area contributed by atoms with Gasteiger partial charge in [-0.05, 0) is 43.5 Å². The quantitative estimate of drug-likeness (QED) is 0.300. The van der Waals surface area contributed by atoms with E-state index >= 15 is 0 Å². The number of benzene rings is 3. The first kappa shape index (κ1) is 21.0. The smallest absolute Gasteiger partial charge is 0.266 e. The van der Waals surface area contributed by atoms with Crippen LogP contribution in [0.5, 0.6) is 0 Å². The first-order valence-electron chi connectivity index (χ1n) is 10.0. The van der Waals surface area contributed by atoms with Crippen LogP contribution in [0.3, 0.4) is 0 Å². The Morgan fingerprint density at radius 2 is 1.61 bits per heavy atom. The molecule has 3 aromatic carbocycles. The van der Waals surface area contributed by atoms with Gasteiger partial charge in [-0.25, -0.2) is 4.68 Å². The summed E-state index contributed by atoms with van der Waals surface area (Å²) in [4.78, 5) is 0.168. The molecule has 0 spiro atoms. The van der Waals surface area contributed by atoms with Crippen molar-refractivity contribution in [2.45, 2.75) is 24.7 Å². The van der Waals surface area contributed by atoms with Crippen molar-refractivity contribution < 1.29 is 12.6 Å². The van der Waals surface area contributed by atoms with E-state index in [2.05, 4.69) is 28.5 Å². The zero-order valence-corrected chi connectivity index (χ0v) is 18.0. The van der Waals surface area contributed by atoms with Gasteiger partial charge in [-0.2, -0.15) is 8.42 Å². The van der Waals surface area contributed by atoms with Gasteiger partial charge in [0.05, 0.1) is 29.1 Å². The summed E-state index contributed by atoms with van der Waals surface area (Å²) in [6.45, 7) is 1.99. The van der Waals surface area contributed by atoms with Crippen molar-refractivity contribution in [3.8, 4) is 16.8 Å². The Bertz CT molecular complexity index is 1250. The van der Waals surface area contributed by atoms with Crippen LogP contribution in [0.4, 0.5) is 0 Å². The molecule has 0 aliphatic carbocycles. The summed E-state index contributed by atoms with van der Waals surface area (Å²) in [5, 5.41) is 8.50. The van der Waals surface area contributed by atoms with E-state index in [0.717, 1.165) is 28.1 Å². The highest BCUT2D eigenvalue weighted by Crippen LogP contribution is 2.26. The molecule has 0 radical (unpaired) electrons. The van der Waals surface area contributed by atoms with Crippen molar-refractivity contribution in [1.82, 2.24) is 15.0 Å². The van der Waals surface area contributed by atoms with Gasteiger partial charge in [0.25, 0.3) is 10.1 Å². The van der Waals surface area contributed by atoms with Gasteiger partial charge < -0.3 is 0 Å². The van der Waals surface area contributed by atoms with E-state index in [-0.39, 0.29) is 11.5 Å². The van der Waals surface area contributed by atoms with E-state index in [0.29, 0.717) is 12.8 Å². The van der Waals surface area contributed by atoms with Gasteiger partial charge >= 0.3 is 0 Å². The minimum atomic E-state index is -3.75. The van der Waals surface area contributed by atoms with Crippen LogP contribution >= 0.6 is 0 Å². The van der Waals surface area contributed by atoms with Gasteiger partial charge in [-0.3, -0.25) is 4.18 Å². The zero-order valence-electron chi connectivity index (χ0n) is 17.2. The topological polar surface area (TPSA) is 74.1 Å². The molecule has 31 heavy (non-hydrogen) atoms. The normalized spacial score (nSPS) is 11.5. The number of hydrogen-bond acceptors (Lipinski definition) is 5. The highest BCUT2D eigenvalue weighted by molar-refractivity contribution is 7.86. The van der Waals surface area contributed by atoms with Crippen LogP contribution in [0.15, 0.2) is 90.0 Å². The van der Waals surface area contributed by atoms with E-state index in [1.54, 1.807) is 28.9 Å². The molecule has 0 saturated heterocycles. The minimum absolute atomic E-state index is 0.0870. The Hall–Kier alpha value is -3.29. The lowest BCUT2D eigenvalue weighted by Crippen LogP contribution is -2.08. The van der Waals surface area contributed by atoms with Crippen LogP contribution in [0, 0.1) is 6.92 Å². The maximum absolute atomic E-state index is 12.3. The zero-order chi connectivity index (χ0) is 21.7. The molecule has 0 saturated carbocycles. The number of aromatic nitrogens is 3. The molecule has 0 bridgehead atoms. The number of aryl methyl sites for hydroxylation is 2. The molecule has 7 heteroatoms. The average molecular weight is 434 g/mol. The molecule has 0 fully saturated rings. The largest absolute Gasteiger partial charge is 0.296 e. The Morgan fingerprint density at radius 3 is 2.39 bits per heavy atom. The number of para-hydroxylation sites is 1. The predicted octanol–water partition coefficient (Wildman–Crippen LogP) is 4.58. The fraction of sp³-hybridized carbons (Fsp3) is 0.167. The number of rotatable bonds is 8. The van der Waals surface area contributed by atoms with Crippen LogP contribution in [-0.2, 0) is 20.7 Å². The fourth-order valence-corrected chi connectivity index (χ4v) is 4.20. The molecule has 0 aliphatic rings. The van der Waals surface area contributed by atoms with Crippen LogP contribution in [-0.4, -0.2) is 30.0 Å². The van der Waals surface area contributed by atoms with Gasteiger partial charge in [0.15, 0.2) is 0 Å². The first-order chi connectivity index (χ1) is 15.0. The highest BCUT2D eigenvalue weighted by atomic mass is 32.2. The van der Waals surface area contributed by atoms with E-state index < -0.39 is 10.1 Å². The SMILES string of the molecule is Cc1ccc(S(=O)(=O)OCCCc2cn(-c3ccccc3-c3ccccc3)nn2)cc1. The van der Waals surface area contributed by atoms with Crippen LogP contribution < -0.4 is 0 Å². The molecule has 6 nitrogen and oxygen atoms in total. The number of hydrogen-bond donors (Lipinski definition) is 0. The second-order valence-corrected chi connectivity index (χ2v) is 8.85. The molecule has 0 amide bonds. The summed E-state index contributed by atoms with van der Waals surface area (Å²) >= 11 is 0. The third-order valence-electron chi connectivity index (χ3n) is 4.90. The molecule has 1 heterocycles. The first-order valence-corrected chi connectivity index (χ1v) is 11.5. The Labute approximate surface area is 182 Å². The molecule has 1 aromatic heterocycles. The van der Waals surface area contributed by atoms with Gasteiger partial charge in [0.2, 0.25) is 0 Å². The van der Waals surface area contributed by atoms with E-state index in [1.807, 2.05) is 49.5 Å². The van der Waals surface area contributed by atoms with E-state index in [1.165, 1.54) is 0 Å². The maximum Gasteiger partial charge on any atom is 0.296 e. The van der Waals surface area contributed by atoms with Crippen molar-refractivity contribution in [1.29, 1.82) is 0 Å². The van der Waals surface area contributed by atoms with Gasteiger partial charge in [0, 0.05) is 5.56 Å². The summed E-state index contributed by atoms with van der Waals surface area (Å²) in [7, 11) is -3.75. The molecule has 0 aliphatic heterocycles.